The molecule has 0 amide bonds. The van der Waals surface area contributed by atoms with Crippen molar-refractivity contribution < 1.29 is 33.3 Å². The van der Waals surface area contributed by atoms with Gasteiger partial charge in [-0.25, -0.2) is 14.6 Å². The van der Waals surface area contributed by atoms with Crippen molar-refractivity contribution in [1.29, 1.82) is 5.26 Å². The third-order valence-corrected chi connectivity index (χ3v) is 7.15. The minimum Gasteiger partial charge on any atom is -0.490 e. The van der Waals surface area contributed by atoms with E-state index in [4.69, 9.17) is 24.2 Å². The van der Waals surface area contributed by atoms with E-state index in [2.05, 4.69) is 9.73 Å². The second-order valence-electron chi connectivity index (χ2n) is 8.79. The zero-order chi connectivity index (χ0) is 30.2. The molecular formula is C30H29N3O8S. The highest BCUT2D eigenvalue weighted by Crippen LogP contribution is 2.36. The van der Waals surface area contributed by atoms with Crippen LogP contribution in [0.1, 0.15) is 37.9 Å². The number of aromatic nitrogens is 1. The third-order valence-electron chi connectivity index (χ3n) is 6.17. The zero-order valence-corrected chi connectivity index (χ0v) is 24.4. The summed E-state index contributed by atoms with van der Waals surface area (Å²) >= 11 is 1.16. The van der Waals surface area contributed by atoms with Crippen molar-refractivity contribution in [1.82, 2.24) is 4.57 Å². The molecule has 1 aromatic heterocycles. The fourth-order valence-corrected chi connectivity index (χ4v) is 5.40. The van der Waals surface area contributed by atoms with Crippen LogP contribution in [0.15, 0.2) is 63.5 Å². The zero-order valence-electron chi connectivity index (χ0n) is 23.5. The molecule has 0 bridgehead atoms. The highest BCUT2D eigenvalue weighted by molar-refractivity contribution is 7.07. The van der Waals surface area contributed by atoms with Gasteiger partial charge in [-0.1, -0.05) is 35.6 Å². The fraction of sp³-hybridized carbons (Fsp3) is 0.300. The number of para-hydroxylation sites is 1. The maximum Gasteiger partial charge on any atom is 0.343 e. The van der Waals surface area contributed by atoms with Crippen LogP contribution in [-0.4, -0.2) is 50.0 Å². The van der Waals surface area contributed by atoms with E-state index in [1.807, 2.05) is 6.07 Å². The number of rotatable bonds is 11. The number of hydrogen-bond acceptors (Lipinski definition) is 11. The maximum atomic E-state index is 14.0. The minimum absolute atomic E-state index is 0.136. The predicted octanol–water partition coefficient (Wildman–Crippen LogP) is 2.65. The van der Waals surface area contributed by atoms with Gasteiger partial charge >= 0.3 is 11.9 Å². The molecule has 12 heteroatoms. The van der Waals surface area contributed by atoms with Crippen LogP contribution in [0.3, 0.4) is 0 Å². The van der Waals surface area contributed by atoms with Gasteiger partial charge in [0.25, 0.3) is 5.56 Å². The Morgan fingerprint density at radius 2 is 1.86 bits per heavy atom. The van der Waals surface area contributed by atoms with Crippen molar-refractivity contribution in [2.24, 2.45) is 4.99 Å². The van der Waals surface area contributed by atoms with Crippen molar-refractivity contribution in [3.05, 3.63) is 84.5 Å². The molecule has 42 heavy (non-hydrogen) atoms. The number of benzene rings is 2. The number of nitriles is 1. The minimum atomic E-state index is -0.888. The van der Waals surface area contributed by atoms with Gasteiger partial charge in [0.15, 0.2) is 29.5 Å². The van der Waals surface area contributed by atoms with E-state index in [-0.39, 0.29) is 31.0 Å². The highest BCUT2D eigenvalue weighted by atomic mass is 32.1. The van der Waals surface area contributed by atoms with E-state index in [0.717, 1.165) is 11.3 Å². The lowest BCUT2D eigenvalue weighted by Gasteiger charge is -2.25. The molecule has 0 N–H and O–H groups in total. The summed E-state index contributed by atoms with van der Waals surface area (Å²) in [5.41, 5.74) is 1.40. The summed E-state index contributed by atoms with van der Waals surface area (Å²) in [7, 11) is 1.26. The molecule has 1 atom stereocenters. The molecule has 11 nitrogen and oxygen atoms in total. The summed E-state index contributed by atoms with van der Waals surface area (Å²) in [5, 5.41) is 8.94. The van der Waals surface area contributed by atoms with Gasteiger partial charge in [0.2, 0.25) is 0 Å². The number of esters is 2. The van der Waals surface area contributed by atoms with Crippen LogP contribution >= 0.6 is 11.3 Å². The van der Waals surface area contributed by atoms with E-state index < -0.39 is 18.0 Å². The second kappa shape index (κ2) is 13.6. The van der Waals surface area contributed by atoms with Gasteiger partial charge in [-0.2, -0.15) is 5.26 Å². The molecule has 3 aromatic rings. The van der Waals surface area contributed by atoms with Gasteiger partial charge in [0.05, 0.1) is 42.2 Å². The molecule has 0 saturated heterocycles. The van der Waals surface area contributed by atoms with E-state index in [0.29, 0.717) is 50.0 Å². The lowest BCUT2D eigenvalue weighted by molar-refractivity contribution is -0.143. The monoisotopic (exact) mass is 591 g/mol. The van der Waals surface area contributed by atoms with Crippen LogP contribution in [0.2, 0.25) is 0 Å². The van der Waals surface area contributed by atoms with Crippen LogP contribution < -0.4 is 29.1 Å². The molecule has 0 radical (unpaired) electrons. The van der Waals surface area contributed by atoms with E-state index in [1.54, 1.807) is 69.3 Å². The number of carbonyl (C=O) groups is 2. The highest BCUT2D eigenvalue weighted by Gasteiger charge is 2.34. The normalized spacial score (nSPS) is 14.4. The van der Waals surface area contributed by atoms with Crippen LogP contribution in [0, 0.1) is 11.3 Å². The number of hydrogen-bond donors (Lipinski definition) is 0. The molecule has 0 aliphatic carbocycles. The Morgan fingerprint density at radius 3 is 2.57 bits per heavy atom. The van der Waals surface area contributed by atoms with Gasteiger partial charge in [0.1, 0.15) is 11.8 Å². The maximum absolute atomic E-state index is 14.0. The Hall–Kier alpha value is -4.89. The lowest BCUT2D eigenvalue weighted by atomic mass is 9.95. The first kappa shape index (κ1) is 30.1. The Morgan fingerprint density at radius 1 is 1.07 bits per heavy atom. The standard InChI is InChI=1S/C30H29N3O8S/c1-5-38-23-15-20(11-12-22(23)41-17-25(34)37-4)27-26(29(36)39-6-2)18(3)32-30-33(27)28(35)24(42-30)16-19-9-7-8-10-21(19)40-14-13-31/h7-12,15-16,27H,5-6,14,17H2,1-4H3/b24-16-/t27-/m1/s1. The molecule has 4 rings (SSSR count). The van der Waals surface area contributed by atoms with Crippen molar-refractivity contribution in [2.75, 3.05) is 33.5 Å². The topological polar surface area (TPSA) is 138 Å². The second-order valence-corrected chi connectivity index (χ2v) is 9.80. The number of allylic oxidation sites excluding steroid dienone is 1. The first-order chi connectivity index (χ1) is 20.3. The lowest BCUT2D eigenvalue weighted by Crippen LogP contribution is -2.40. The SMILES string of the molecule is CCOC(=O)C1=C(C)N=c2s/c(=C\c3ccccc3OCC#N)c(=O)n2[C@@H]1c1ccc(OCC(=O)OC)c(OCC)c1. The van der Waals surface area contributed by atoms with E-state index in [9.17, 15) is 14.4 Å². The van der Waals surface area contributed by atoms with Gasteiger partial charge in [-0.3, -0.25) is 9.36 Å². The first-order valence-corrected chi connectivity index (χ1v) is 13.9. The summed E-state index contributed by atoms with van der Waals surface area (Å²) in [6.45, 7) is 5.16. The summed E-state index contributed by atoms with van der Waals surface area (Å²) in [5.74, 6) is -0.0874. The number of carbonyl (C=O) groups excluding carboxylic acids is 2. The Balaban J connectivity index is 1.90. The Labute approximate surface area is 245 Å². The average molecular weight is 592 g/mol. The smallest absolute Gasteiger partial charge is 0.343 e. The van der Waals surface area contributed by atoms with Crippen LogP contribution in [0.5, 0.6) is 17.2 Å². The largest absolute Gasteiger partial charge is 0.490 e. The van der Waals surface area contributed by atoms with E-state index in [1.165, 1.54) is 11.7 Å². The molecule has 218 valence electrons. The summed E-state index contributed by atoms with van der Waals surface area (Å²) in [6.07, 6.45) is 1.67. The van der Waals surface area contributed by atoms with Crippen LogP contribution in [0.4, 0.5) is 0 Å². The van der Waals surface area contributed by atoms with Crippen molar-refractivity contribution in [3.63, 3.8) is 0 Å². The van der Waals surface area contributed by atoms with Crippen molar-refractivity contribution in [2.45, 2.75) is 26.8 Å². The number of fused-ring (bicyclic) bond motifs is 1. The Kier molecular flexibility index (Phi) is 9.77. The summed E-state index contributed by atoms with van der Waals surface area (Å²) < 4.78 is 28.7. The fourth-order valence-electron chi connectivity index (χ4n) is 4.37. The van der Waals surface area contributed by atoms with Crippen molar-refractivity contribution in [3.8, 4) is 23.3 Å². The Bertz CT molecular complexity index is 1750. The molecule has 0 saturated carbocycles. The number of nitrogens with zero attached hydrogens (tertiary/aromatic N) is 3. The molecule has 0 spiro atoms. The molecular weight excluding hydrogens is 562 g/mol. The summed E-state index contributed by atoms with van der Waals surface area (Å²) in [6, 6.07) is 13.1. The molecule has 0 unspecified atom stereocenters. The third kappa shape index (κ3) is 6.37. The number of thiazole rings is 1. The molecule has 1 aliphatic rings. The molecule has 1 aliphatic heterocycles. The van der Waals surface area contributed by atoms with Gasteiger partial charge in [-0.05, 0) is 50.6 Å². The molecule has 2 heterocycles. The molecule has 0 fully saturated rings. The predicted molar refractivity (Wildman–Crippen MR) is 153 cm³/mol. The van der Waals surface area contributed by atoms with Crippen molar-refractivity contribution >= 4 is 29.4 Å². The summed E-state index contributed by atoms with van der Waals surface area (Å²) in [4.78, 5) is 43.8. The quantitative estimate of drug-likeness (QED) is 0.308. The number of methoxy groups -OCH3 is 1. The van der Waals surface area contributed by atoms with E-state index >= 15 is 0 Å². The van der Waals surface area contributed by atoms with Crippen LogP contribution in [0.25, 0.3) is 6.08 Å². The van der Waals surface area contributed by atoms with Gasteiger partial charge in [-0.15, -0.1) is 0 Å². The first-order valence-electron chi connectivity index (χ1n) is 13.1. The van der Waals surface area contributed by atoms with Gasteiger partial charge in [0, 0.05) is 5.56 Å². The average Bonchev–Trinajstić information content (AvgIpc) is 3.29. The molecule has 2 aromatic carbocycles. The van der Waals surface area contributed by atoms with Crippen LogP contribution in [-0.2, 0) is 19.1 Å². The van der Waals surface area contributed by atoms with Gasteiger partial charge < -0.3 is 23.7 Å². The number of ether oxygens (including phenoxy) is 5.